The number of rotatable bonds is 3. The van der Waals surface area contributed by atoms with Crippen LogP contribution in [0.3, 0.4) is 0 Å². The van der Waals surface area contributed by atoms with E-state index in [1.807, 2.05) is 31.2 Å². The monoisotopic (exact) mass is 264 g/mol. The van der Waals surface area contributed by atoms with E-state index in [1.54, 1.807) is 6.20 Å². The third-order valence-corrected chi connectivity index (χ3v) is 3.79. The molecule has 0 aromatic carbocycles. The predicted octanol–water partition coefficient (Wildman–Crippen LogP) is 3.52. The van der Waals surface area contributed by atoms with Crippen molar-refractivity contribution in [3.8, 4) is 6.07 Å². The predicted molar refractivity (Wildman–Crippen MR) is 77.7 cm³/mol. The van der Waals surface area contributed by atoms with Gasteiger partial charge >= 0.3 is 0 Å². The first kappa shape index (κ1) is 12.6. The molecule has 0 amide bonds. The lowest BCUT2D eigenvalue weighted by molar-refractivity contribution is 0.886. The quantitative estimate of drug-likeness (QED) is 0.921. The van der Waals surface area contributed by atoms with E-state index in [0.29, 0.717) is 23.2 Å². The van der Waals surface area contributed by atoms with Gasteiger partial charge in [-0.1, -0.05) is 6.92 Å². The normalized spacial score (nSPS) is 20.2. The third kappa shape index (κ3) is 2.35. The van der Waals surface area contributed by atoms with Crippen LogP contribution in [0.15, 0.2) is 30.5 Å². The standard InChI is InChI=1S/C16H16N4/c1-10-8-13(10)15-6-5-12(9-17)16(20-15)19-14-4-3-7-18-11(14)2/h3-7,10,13H,8H2,1-2H3,(H,19,20)/t10-,13-/m1/s1. The van der Waals surface area contributed by atoms with Crippen LogP contribution >= 0.6 is 0 Å². The van der Waals surface area contributed by atoms with Gasteiger partial charge in [0.05, 0.1) is 16.9 Å². The minimum atomic E-state index is 0.540. The summed E-state index contributed by atoms with van der Waals surface area (Å²) < 4.78 is 0. The molecule has 1 N–H and O–H groups in total. The van der Waals surface area contributed by atoms with Gasteiger partial charge in [0.25, 0.3) is 0 Å². The van der Waals surface area contributed by atoms with Crippen LogP contribution in [-0.4, -0.2) is 9.97 Å². The maximum Gasteiger partial charge on any atom is 0.148 e. The Morgan fingerprint density at radius 2 is 2.15 bits per heavy atom. The molecule has 0 saturated heterocycles. The molecule has 1 fully saturated rings. The van der Waals surface area contributed by atoms with E-state index in [1.165, 1.54) is 6.42 Å². The molecule has 0 aliphatic heterocycles. The fourth-order valence-electron chi connectivity index (χ4n) is 2.34. The molecule has 4 heteroatoms. The first-order valence-corrected chi connectivity index (χ1v) is 6.78. The Bertz CT molecular complexity index is 687. The van der Waals surface area contributed by atoms with Gasteiger partial charge in [0.1, 0.15) is 11.9 Å². The topological polar surface area (TPSA) is 61.6 Å². The summed E-state index contributed by atoms with van der Waals surface area (Å²) in [6, 6.07) is 9.81. The Kier molecular flexibility index (Phi) is 3.11. The SMILES string of the molecule is Cc1ncccc1Nc1nc([C@@H]2C[C@H]2C)ccc1C#N. The second-order valence-corrected chi connectivity index (χ2v) is 5.32. The Balaban J connectivity index is 1.95. The Morgan fingerprint density at radius 1 is 1.35 bits per heavy atom. The van der Waals surface area contributed by atoms with Crippen molar-refractivity contribution in [2.45, 2.75) is 26.2 Å². The van der Waals surface area contributed by atoms with Gasteiger partial charge in [0.15, 0.2) is 0 Å². The van der Waals surface area contributed by atoms with Crippen LogP contribution in [-0.2, 0) is 0 Å². The number of aromatic nitrogens is 2. The molecule has 2 aromatic rings. The molecule has 4 nitrogen and oxygen atoms in total. The molecule has 20 heavy (non-hydrogen) atoms. The summed E-state index contributed by atoms with van der Waals surface area (Å²) in [5.74, 6) is 1.86. The van der Waals surface area contributed by atoms with Crippen LogP contribution in [0.4, 0.5) is 11.5 Å². The number of nitrogens with one attached hydrogen (secondary N) is 1. The highest BCUT2D eigenvalue weighted by Gasteiger charge is 2.35. The van der Waals surface area contributed by atoms with E-state index in [2.05, 4.69) is 28.3 Å². The summed E-state index contributed by atoms with van der Waals surface area (Å²) in [7, 11) is 0. The van der Waals surface area contributed by atoms with E-state index in [9.17, 15) is 5.26 Å². The zero-order chi connectivity index (χ0) is 14.1. The largest absolute Gasteiger partial charge is 0.338 e. The van der Waals surface area contributed by atoms with Gasteiger partial charge < -0.3 is 5.32 Å². The van der Waals surface area contributed by atoms with Crippen molar-refractivity contribution in [3.63, 3.8) is 0 Å². The molecule has 0 radical (unpaired) electrons. The van der Waals surface area contributed by atoms with Crippen LogP contribution in [0.1, 0.15) is 36.2 Å². The van der Waals surface area contributed by atoms with Crippen LogP contribution in [0.2, 0.25) is 0 Å². The summed E-state index contributed by atoms with van der Waals surface area (Å²) in [6.45, 7) is 4.16. The molecule has 1 aliphatic carbocycles. The minimum Gasteiger partial charge on any atom is -0.338 e. The zero-order valence-electron chi connectivity index (χ0n) is 11.6. The van der Waals surface area contributed by atoms with E-state index >= 15 is 0 Å². The molecule has 100 valence electrons. The zero-order valence-corrected chi connectivity index (χ0v) is 11.6. The van der Waals surface area contributed by atoms with Crippen LogP contribution in [0.25, 0.3) is 0 Å². The molecule has 2 aromatic heterocycles. The van der Waals surface area contributed by atoms with Gasteiger partial charge in [-0.3, -0.25) is 4.98 Å². The highest BCUT2D eigenvalue weighted by Crippen LogP contribution is 2.46. The number of hydrogen-bond donors (Lipinski definition) is 1. The van der Waals surface area contributed by atoms with E-state index in [4.69, 9.17) is 0 Å². The molecule has 0 spiro atoms. The lowest BCUT2D eigenvalue weighted by atomic mass is 10.2. The number of pyridine rings is 2. The summed E-state index contributed by atoms with van der Waals surface area (Å²) >= 11 is 0. The van der Waals surface area contributed by atoms with Gasteiger partial charge in [0.2, 0.25) is 0 Å². The Hall–Kier alpha value is -2.41. The number of nitrogens with zero attached hydrogens (tertiary/aromatic N) is 3. The molecule has 2 atom stereocenters. The van der Waals surface area contributed by atoms with Crippen LogP contribution in [0.5, 0.6) is 0 Å². The maximum atomic E-state index is 9.22. The molecular formula is C16H16N4. The van der Waals surface area contributed by atoms with Crippen molar-refractivity contribution in [1.29, 1.82) is 5.26 Å². The highest BCUT2D eigenvalue weighted by atomic mass is 15.0. The number of hydrogen-bond acceptors (Lipinski definition) is 4. The van der Waals surface area contributed by atoms with Gasteiger partial charge in [-0.25, -0.2) is 4.98 Å². The lowest BCUT2D eigenvalue weighted by Gasteiger charge is -2.10. The number of nitriles is 1. The summed E-state index contributed by atoms with van der Waals surface area (Å²) in [4.78, 5) is 8.87. The van der Waals surface area contributed by atoms with Gasteiger partial charge in [-0.05, 0) is 43.5 Å². The molecule has 2 heterocycles. The molecule has 1 aliphatic rings. The Labute approximate surface area is 118 Å². The van der Waals surface area contributed by atoms with E-state index in [-0.39, 0.29) is 0 Å². The smallest absolute Gasteiger partial charge is 0.148 e. The molecule has 1 saturated carbocycles. The molecule has 3 rings (SSSR count). The summed E-state index contributed by atoms with van der Waals surface area (Å²) in [5.41, 5.74) is 3.41. The number of aryl methyl sites for hydroxylation is 1. The van der Waals surface area contributed by atoms with Crippen molar-refractivity contribution in [1.82, 2.24) is 9.97 Å². The van der Waals surface area contributed by atoms with Crippen molar-refractivity contribution >= 4 is 11.5 Å². The maximum absolute atomic E-state index is 9.22. The average molecular weight is 264 g/mol. The molecule has 0 bridgehead atoms. The fourth-order valence-corrected chi connectivity index (χ4v) is 2.34. The summed E-state index contributed by atoms with van der Waals surface area (Å²) in [6.07, 6.45) is 2.94. The fraction of sp³-hybridized carbons (Fsp3) is 0.312. The van der Waals surface area contributed by atoms with Crippen molar-refractivity contribution in [3.05, 3.63) is 47.4 Å². The second-order valence-electron chi connectivity index (χ2n) is 5.32. The number of anilines is 2. The molecular weight excluding hydrogens is 248 g/mol. The van der Waals surface area contributed by atoms with Crippen molar-refractivity contribution < 1.29 is 0 Å². The first-order chi connectivity index (χ1) is 9.69. The van der Waals surface area contributed by atoms with Crippen molar-refractivity contribution in [2.75, 3.05) is 5.32 Å². The lowest BCUT2D eigenvalue weighted by Crippen LogP contribution is -2.01. The van der Waals surface area contributed by atoms with E-state index in [0.717, 1.165) is 17.1 Å². The van der Waals surface area contributed by atoms with Gasteiger partial charge in [-0.2, -0.15) is 5.26 Å². The van der Waals surface area contributed by atoms with Crippen molar-refractivity contribution in [2.24, 2.45) is 5.92 Å². The third-order valence-electron chi connectivity index (χ3n) is 3.79. The highest BCUT2D eigenvalue weighted by molar-refractivity contribution is 5.64. The van der Waals surface area contributed by atoms with Gasteiger partial charge in [-0.15, -0.1) is 0 Å². The van der Waals surface area contributed by atoms with Gasteiger partial charge in [0, 0.05) is 17.8 Å². The molecule has 0 unspecified atom stereocenters. The Morgan fingerprint density at radius 3 is 2.80 bits per heavy atom. The second kappa shape index (κ2) is 4.93. The summed E-state index contributed by atoms with van der Waals surface area (Å²) in [5, 5.41) is 12.5. The van der Waals surface area contributed by atoms with Crippen LogP contribution in [0, 0.1) is 24.2 Å². The van der Waals surface area contributed by atoms with E-state index < -0.39 is 0 Å². The van der Waals surface area contributed by atoms with Crippen LogP contribution < -0.4 is 5.32 Å². The average Bonchev–Trinajstić information content (AvgIpc) is 3.18. The first-order valence-electron chi connectivity index (χ1n) is 6.78. The minimum absolute atomic E-state index is 0.540.